The van der Waals surface area contributed by atoms with E-state index in [2.05, 4.69) is 0 Å². The van der Waals surface area contributed by atoms with Crippen LogP contribution in [-0.4, -0.2) is 23.0 Å². The van der Waals surface area contributed by atoms with Gasteiger partial charge in [0.1, 0.15) is 0 Å². The zero-order chi connectivity index (χ0) is 15.3. The van der Waals surface area contributed by atoms with E-state index < -0.39 is 30.3 Å². The molecule has 0 saturated heterocycles. The predicted octanol–water partition coefficient (Wildman–Crippen LogP) is 3.32. The van der Waals surface area contributed by atoms with Crippen molar-refractivity contribution in [1.82, 2.24) is 0 Å². The van der Waals surface area contributed by atoms with E-state index in [4.69, 9.17) is 5.11 Å². The molecule has 3 nitrogen and oxygen atoms in total. The molecule has 0 radical (unpaired) electrons. The van der Waals surface area contributed by atoms with Crippen molar-refractivity contribution in [1.29, 1.82) is 0 Å². The second-order valence-corrected chi connectivity index (χ2v) is 4.33. The second kappa shape index (κ2) is 6.36. The molecule has 0 spiro atoms. The lowest BCUT2D eigenvalue weighted by molar-refractivity contribution is -0.171. The molecule has 0 aliphatic heterocycles. The van der Waals surface area contributed by atoms with E-state index in [0.29, 0.717) is 0 Å². The molecule has 0 amide bonds. The summed E-state index contributed by atoms with van der Waals surface area (Å²) in [5.41, 5.74) is 0.378. The fraction of sp³-hybridized carbons (Fsp3) is 0.286. The first kappa shape index (κ1) is 15.9. The van der Waals surface area contributed by atoms with Crippen LogP contribution >= 0.6 is 0 Å². The number of hydrogen-bond donors (Lipinski definition) is 1. The number of carbonyl (C=O) groups excluding carboxylic acids is 1. The van der Waals surface area contributed by atoms with Gasteiger partial charge in [-0.15, -0.1) is 0 Å². The van der Waals surface area contributed by atoms with Gasteiger partial charge in [0.25, 0.3) is 0 Å². The van der Waals surface area contributed by atoms with E-state index in [1.807, 2.05) is 0 Å². The van der Waals surface area contributed by atoms with Gasteiger partial charge in [0.15, 0.2) is 0 Å². The molecule has 0 fully saturated rings. The summed E-state index contributed by atoms with van der Waals surface area (Å²) in [6.45, 7) is 1.38. The number of benzene rings is 1. The molecule has 1 unspecified atom stereocenters. The van der Waals surface area contributed by atoms with E-state index in [9.17, 15) is 22.8 Å². The molecule has 108 valence electrons. The maximum absolute atomic E-state index is 12.6. The molecular formula is C14H13F3O3. The molecule has 0 aromatic heterocycles. The number of ketones is 1. The third-order valence-electron chi connectivity index (χ3n) is 2.60. The minimum Gasteiger partial charge on any atom is -0.481 e. The molecule has 1 N–H and O–H groups in total. The van der Waals surface area contributed by atoms with Crippen molar-refractivity contribution < 1.29 is 27.9 Å². The first-order chi connectivity index (χ1) is 9.21. The SMILES string of the molecule is C/C(=C\C(C(=O)C(F)(F)F)c1ccccc1)CC(=O)O. The molecule has 0 aliphatic carbocycles. The zero-order valence-electron chi connectivity index (χ0n) is 10.6. The smallest absolute Gasteiger partial charge is 0.450 e. The Bertz CT molecular complexity index is 518. The number of Topliss-reactive ketones (excluding diaryl/α,β-unsaturated/α-hetero) is 1. The van der Waals surface area contributed by atoms with E-state index in [1.165, 1.54) is 31.2 Å². The van der Waals surface area contributed by atoms with Crippen LogP contribution in [0.1, 0.15) is 24.8 Å². The number of carbonyl (C=O) groups is 2. The van der Waals surface area contributed by atoms with Crippen LogP contribution in [-0.2, 0) is 9.59 Å². The van der Waals surface area contributed by atoms with Crippen LogP contribution < -0.4 is 0 Å². The fourth-order valence-electron chi connectivity index (χ4n) is 1.74. The van der Waals surface area contributed by atoms with Crippen LogP contribution in [0.15, 0.2) is 42.0 Å². The van der Waals surface area contributed by atoms with Gasteiger partial charge < -0.3 is 5.11 Å². The lowest BCUT2D eigenvalue weighted by atomic mass is 9.91. The van der Waals surface area contributed by atoms with E-state index in [-0.39, 0.29) is 11.1 Å². The molecule has 20 heavy (non-hydrogen) atoms. The Morgan fingerprint density at radius 3 is 2.25 bits per heavy atom. The Hall–Kier alpha value is -2.11. The second-order valence-electron chi connectivity index (χ2n) is 4.33. The summed E-state index contributed by atoms with van der Waals surface area (Å²) in [6, 6.07) is 7.46. The quantitative estimate of drug-likeness (QED) is 0.845. The van der Waals surface area contributed by atoms with Gasteiger partial charge in [0.05, 0.1) is 12.3 Å². The molecule has 0 bridgehead atoms. The number of allylic oxidation sites excluding steroid dienone is 1. The van der Waals surface area contributed by atoms with Gasteiger partial charge in [-0.05, 0) is 12.5 Å². The van der Waals surface area contributed by atoms with E-state index in [0.717, 1.165) is 6.08 Å². The van der Waals surface area contributed by atoms with Gasteiger partial charge in [-0.3, -0.25) is 9.59 Å². The summed E-state index contributed by atoms with van der Waals surface area (Å²) in [7, 11) is 0. The highest BCUT2D eigenvalue weighted by molar-refractivity contribution is 5.92. The molecular weight excluding hydrogens is 273 g/mol. The minimum absolute atomic E-state index is 0.180. The molecule has 1 aromatic rings. The van der Waals surface area contributed by atoms with Crippen molar-refractivity contribution in [2.75, 3.05) is 0 Å². The van der Waals surface area contributed by atoms with Crippen LogP contribution in [0.3, 0.4) is 0 Å². The predicted molar refractivity (Wildman–Crippen MR) is 66.3 cm³/mol. The van der Waals surface area contributed by atoms with Gasteiger partial charge >= 0.3 is 12.1 Å². The fourth-order valence-corrected chi connectivity index (χ4v) is 1.74. The number of rotatable bonds is 5. The van der Waals surface area contributed by atoms with Crippen molar-refractivity contribution in [3.63, 3.8) is 0 Å². The number of hydrogen-bond acceptors (Lipinski definition) is 2. The Balaban J connectivity index is 3.16. The minimum atomic E-state index is -4.97. The van der Waals surface area contributed by atoms with Gasteiger partial charge in [-0.2, -0.15) is 13.2 Å². The lowest BCUT2D eigenvalue weighted by Gasteiger charge is -2.15. The third kappa shape index (κ3) is 4.53. The van der Waals surface area contributed by atoms with Crippen molar-refractivity contribution >= 4 is 11.8 Å². The topological polar surface area (TPSA) is 54.4 Å². The van der Waals surface area contributed by atoms with Gasteiger partial charge in [0, 0.05) is 0 Å². The van der Waals surface area contributed by atoms with E-state index >= 15 is 0 Å². The maximum atomic E-state index is 12.6. The van der Waals surface area contributed by atoms with Crippen molar-refractivity contribution in [3.05, 3.63) is 47.5 Å². The van der Waals surface area contributed by atoms with Gasteiger partial charge in [-0.1, -0.05) is 42.0 Å². The summed E-state index contributed by atoms with van der Waals surface area (Å²) in [5, 5.41) is 8.62. The molecule has 1 aromatic carbocycles. The summed E-state index contributed by atoms with van der Waals surface area (Å²) >= 11 is 0. The molecule has 0 heterocycles. The summed E-state index contributed by atoms with van der Waals surface area (Å²) in [4.78, 5) is 22.0. The number of carboxylic acid groups (broad SMARTS) is 1. The van der Waals surface area contributed by atoms with Gasteiger partial charge in [0.2, 0.25) is 5.78 Å². The average Bonchev–Trinajstić information content (AvgIpc) is 2.34. The molecule has 1 atom stereocenters. The molecule has 0 aliphatic rings. The van der Waals surface area contributed by atoms with Crippen LogP contribution in [0.4, 0.5) is 13.2 Å². The van der Waals surface area contributed by atoms with Crippen LogP contribution in [0.2, 0.25) is 0 Å². The molecule has 0 saturated carbocycles. The van der Waals surface area contributed by atoms with Gasteiger partial charge in [-0.25, -0.2) is 0 Å². The summed E-state index contributed by atoms with van der Waals surface area (Å²) in [5.74, 6) is -4.59. The highest BCUT2D eigenvalue weighted by atomic mass is 19.4. The Labute approximate surface area is 113 Å². The standard InChI is InChI=1S/C14H13F3O3/c1-9(8-12(18)19)7-11(13(20)14(15,16)17)10-5-3-2-4-6-10/h2-7,11H,8H2,1H3,(H,18,19)/b9-7+. The maximum Gasteiger partial charge on any atom is 0.450 e. The normalized spacial score (nSPS) is 13.9. The third-order valence-corrected chi connectivity index (χ3v) is 2.60. The Morgan fingerprint density at radius 1 is 1.25 bits per heavy atom. The largest absolute Gasteiger partial charge is 0.481 e. The Kier molecular flexibility index (Phi) is 5.07. The monoisotopic (exact) mass is 286 g/mol. The number of carboxylic acids is 1. The highest BCUT2D eigenvalue weighted by Crippen LogP contribution is 2.29. The first-order valence-corrected chi connectivity index (χ1v) is 5.77. The average molecular weight is 286 g/mol. The van der Waals surface area contributed by atoms with Crippen LogP contribution in [0.5, 0.6) is 0 Å². The van der Waals surface area contributed by atoms with Crippen LogP contribution in [0.25, 0.3) is 0 Å². The summed E-state index contributed by atoms with van der Waals surface area (Å²) < 4.78 is 37.8. The number of halogens is 3. The van der Waals surface area contributed by atoms with Crippen LogP contribution in [0, 0.1) is 0 Å². The van der Waals surface area contributed by atoms with Crippen molar-refractivity contribution in [3.8, 4) is 0 Å². The Morgan fingerprint density at radius 2 is 1.80 bits per heavy atom. The summed E-state index contributed by atoms with van der Waals surface area (Å²) in [6.07, 6.45) is -4.33. The van der Waals surface area contributed by atoms with Crippen molar-refractivity contribution in [2.45, 2.75) is 25.4 Å². The molecule has 6 heteroatoms. The number of alkyl halides is 3. The van der Waals surface area contributed by atoms with Crippen molar-refractivity contribution in [2.24, 2.45) is 0 Å². The highest BCUT2D eigenvalue weighted by Gasteiger charge is 2.43. The number of aliphatic carboxylic acids is 1. The molecule has 1 rings (SSSR count). The lowest BCUT2D eigenvalue weighted by Crippen LogP contribution is -2.28. The zero-order valence-corrected chi connectivity index (χ0v) is 10.6. The first-order valence-electron chi connectivity index (χ1n) is 5.77. The van der Waals surface area contributed by atoms with E-state index in [1.54, 1.807) is 6.07 Å².